The van der Waals surface area contributed by atoms with E-state index in [9.17, 15) is 5.26 Å². The van der Waals surface area contributed by atoms with Gasteiger partial charge in [-0.3, -0.25) is 0 Å². The molecule has 5 nitrogen and oxygen atoms in total. The van der Waals surface area contributed by atoms with Gasteiger partial charge in [-0.2, -0.15) is 5.26 Å². The van der Waals surface area contributed by atoms with Crippen molar-refractivity contribution in [2.45, 2.75) is 38.8 Å². The van der Waals surface area contributed by atoms with Gasteiger partial charge in [0.05, 0.1) is 23.2 Å². The van der Waals surface area contributed by atoms with Crippen LogP contribution in [0.25, 0.3) is 21.0 Å². The van der Waals surface area contributed by atoms with Crippen LogP contribution in [0.2, 0.25) is 0 Å². The van der Waals surface area contributed by atoms with Gasteiger partial charge < -0.3 is 15.2 Å². The molecule has 6 heteroatoms. The maximum Gasteiger partial charge on any atom is 0.137 e. The molecule has 0 spiro atoms. The van der Waals surface area contributed by atoms with E-state index in [1.807, 2.05) is 38.2 Å². The van der Waals surface area contributed by atoms with E-state index in [1.165, 1.54) is 16.7 Å². The van der Waals surface area contributed by atoms with Gasteiger partial charge in [-0.1, -0.05) is 18.2 Å². The van der Waals surface area contributed by atoms with E-state index in [1.54, 1.807) is 11.3 Å². The third-order valence-electron chi connectivity index (χ3n) is 5.25. The molecule has 0 unspecified atom stereocenters. The molecule has 30 heavy (non-hydrogen) atoms. The average Bonchev–Trinajstić information content (AvgIpc) is 3.39. The zero-order chi connectivity index (χ0) is 21.1. The first kappa shape index (κ1) is 20.5. The molecule has 0 aliphatic heterocycles. The first-order valence-electron chi connectivity index (χ1n) is 10.2. The number of ether oxygens (including phenoxy) is 1. The molecule has 3 aromatic rings. The molecule has 0 amide bonds. The number of rotatable bonds is 7. The summed E-state index contributed by atoms with van der Waals surface area (Å²) in [6.45, 7) is 4.65. The Kier molecular flexibility index (Phi) is 6.14. The molecule has 1 aromatic heterocycles. The summed E-state index contributed by atoms with van der Waals surface area (Å²) in [6.07, 6.45) is 4.00. The van der Waals surface area contributed by atoms with Crippen LogP contribution < -0.4 is 10.1 Å². The van der Waals surface area contributed by atoms with Gasteiger partial charge in [-0.15, -0.1) is 11.3 Å². The van der Waals surface area contributed by atoms with Gasteiger partial charge in [0.15, 0.2) is 0 Å². The molecule has 0 saturated heterocycles. The summed E-state index contributed by atoms with van der Waals surface area (Å²) in [5.74, 6) is 0.607. The summed E-state index contributed by atoms with van der Waals surface area (Å²) in [6, 6.07) is 14.6. The van der Waals surface area contributed by atoms with Crippen LogP contribution in [0.5, 0.6) is 5.75 Å². The highest BCUT2D eigenvalue weighted by atomic mass is 32.1. The Morgan fingerprint density at radius 2 is 2.20 bits per heavy atom. The molecule has 0 bridgehead atoms. The Hall–Kier alpha value is -2.72. The summed E-state index contributed by atoms with van der Waals surface area (Å²) in [7, 11) is 0. The molecule has 4 rings (SSSR count). The van der Waals surface area contributed by atoms with E-state index < -0.39 is 0 Å². The van der Waals surface area contributed by atoms with E-state index in [0.29, 0.717) is 23.9 Å². The molecule has 2 N–H and O–H groups in total. The van der Waals surface area contributed by atoms with Gasteiger partial charge in [0, 0.05) is 24.3 Å². The fourth-order valence-electron chi connectivity index (χ4n) is 3.98. The van der Waals surface area contributed by atoms with Crippen molar-refractivity contribution in [3.63, 3.8) is 0 Å². The van der Waals surface area contributed by atoms with Gasteiger partial charge >= 0.3 is 0 Å². The second-order valence-corrected chi connectivity index (χ2v) is 8.69. The quantitative estimate of drug-likeness (QED) is 0.580. The fraction of sp³-hybridized carbons (Fsp3) is 0.333. The first-order valence-corrected chi connectivity index (χ1v) is 11.1. The summed E-state index contributed by atoms with van der Waals surface area (Å²) in [5, 5.41) is 22.9. The molecular formula is C24H25N3O2S. The Morgan fingerprint density at radius 3 is 2.97 bits per heavy atom. The van der Waals surface area contributed by atoms with E-state index in [-0.39, 0.29) is 12.7 Å². The minimum Gasteiger partial charge on any atom is -0.490 e. The second-order valence-electron chi connectivity index (χ2n) is 7.66. The van der Waals surface area contributed by atoms with E-state index in [4.69, 9.17) is 9.84 Å². The molecule has 2 aromatic carbocycles. The average molecular weight is 420 g/mol. The van der Waals surface area contributed by atoms with Gasteiger partial charge in [0.1, 0.15) is 16.8 Å². The molecule has 154 valence electrons. The lowest BCUT2D eigenvalue weighted by atomic mass is 10.0. The van der Waals surface area contributed by atoms with Crippen molar-refractivity contribution in [3.05, 3.63) is 59.3 Å². The van der Waals surface area contributed by atoms with Crippen LogP contribution in [0.15, 0.2) is 42.6 Å². The molecule has 1 aliphatic carbocycles. The highest BCUT2D eigenvalue weighted by Gasteiger charge is 2.25. The minimum atomic E-state index is 0.0188. The SMILES string of the molecule is CC(C)Oc1ccc(-c2ncc(-c3cccc4c3CC[C@H]4NCCO)s2)cc1C#N. The number of nitrogens with zero attached hydrogens (tertiary/aromatic N) is 2. The van der Waals surface area contributed by atoms with Crippen LogP contribution in [0.4, 0.5) is 0 Å². The second kappa shape index (κ2) is 8.97. The number of nitrogens with one attached hydrogen (secondary N) is 1. The summed E-state index contributed by atoms with van der Waals surface area (Å²) < 4.78 is 5.73. The van der Waals surface area contributed by atoms with E-state index in [0.717, 1.165) is 28.3 Å². The number of aliphatic hydroxyl groups is 1. The number of nitriles is 1. The highest BCUT2D eigenvalue weighted by Crippen LogP contribution is 2.41. The number of aliphatic hydroxyl groups excluding tert-OH is 1. The smallest absolute Gasteiger partial charge is 0.137 e. The van der Waals surface area contributed by atoms with Gasteiger partial charge in [0.2, 0.25) is 0 Å². The fourth-order valence-corrected chi connectivity index (χ4v) is 4.94. The van der Waals surface area contributed by atoms with E-state index in [2.05, 4.69) is 34.6 Å². The largest absolute Gasteiger partial charge is 0.490 e. The van der Waals surface area contributed by atoms with Crippen molar-refractivity contribution < 1.29 is 9.84 Å². The molecule has 1 aliphatic rings. The van der Waals surface area contributed by atoms with Gasteiger partial charge in [-0.05, 0) is 61.6 Å². The maximum atomic E-state index is 9.51. The molecule has 1 atom stereocenters. The Morgan fingerprint density at radius 1 is 1.33 bits per heavy atom. The Labute approximate surface area is 181 Å². The molecule has 1 heterocycles. The normalized spacial score (nSPS) is 15.2. The van der Waals surface area contributed by atoms with Crippen molar-refractivity contribution in [3.8, 4) is 32.8 Å². The summed E-state index contributed by atoms with van der Waals surface area (Å²) >= 11 is 1.64. The number of thiazole rings is 1. The third-order valence-corrected chi connectivity index (χ3v) is 6.33. The van der Waals surface area contributed by atoms with Crippen molar-refractivity contribution in [1.29, 1.82) is 5.26 Å². The van der Waals surface area contributed by atoms with Crippen LogP contribution in [0.1, 0.15) is 43.0 Å². The maximum absolute atomic E-state index is 9.51. The molecule has 0 saturated carbocycles. The third kappa shape index (κ3) is 4.10. The Bertz CT molecular complexity index is 1080. The van der Waals surface area contributed by atoms with Gasteiger partial charge in [0.25, 0.3) is 0 Å². The Balaban J connectivity index is 1.63. The first-order chi connectivity index (χ1) is 14.6. The van der Waals surface area contributed by atoms with Crippen LogP contribution >= 0.6 is 11.3 Å². The number of hydrogen-bond donors (Lipinski definition) is 2. The number of benzene rings is 2. The van der Waals surface area contributed by atoms with Crippen molar-refractivity contribution in [2.24, 2.45) is 0 Å². The topological polar surface area (TPSA) is 78.2 Å². The highest BCUT2D eigenvalue weighted by molar-refractivity contribution is 7.18. The summed E-state index contributed by atoms with van der Waals surface area (Å²) in [4.78, 5) is 5.77. The zero-order valence-electron chi connectivity index (χ0n) is 17.2. The molecular weight excluding hydrogens is 394 g/mol. The number of hydrogen-bond acceptors (Lipinski definition) is 6. The predicted octanol–water partition coefficient (Wildman–Crippen LogP) is 4.71. The van der Waals surface area contributed by atoms with Crippen LogP contribution in [0, 0.1) is 11.3 Å². The van der Waals surface area contributed by atoms with Crippen molar-refractivity contribution in [2.75, 3.05) is 13.2 Å². The monoisotopic (exact) mass is 419 g/mol. The van der Waals surface area contributed by atoms with Crippen molar-refractivity contribution >= 4 is 11.3 Å². The predicted molar refractivity (Wildman–Crippen MR) is 120 cm³/mol. The summed E-state index contributed by atoms with van der Waals surface area (Å²) in [5.41, 5.74) is 5.36. The minimum absolute atomic E-state index is 0.0188. The lowest BCUT2D eigenvalue weighted by Gasteiger charge is -2.13. The molecule has 0 radical (unpaired) electrons. The molecule has 0 fully saturated rings. The standard InChI is InChI=1S/C24H25N3O2S/c1-15(2)29-22-9-6-16(12-17(22)13-25)24-27-14-23(30-24)20-5-3-4-19-18(20)7-8-21(19)26-10-11-28/h3-6,9,12,14-15,21,26,28H,7-8,10-11H2,1-2H3/t21-/m1/s1. The lowest BCUT2D eigenvalue weighted by Crippen LogP contribution is -2.22. The zero-order valence-corrected chi connectivity index (χ0v) is 18.0. The lowest BCUT2D eigenvalue weighted by molar-refractivity contribution is 0.242. The number of fused-ring (bicyclic) bond motifs is 1. The van der Waals surface area contributed by atoms with E-state index >= 15 is 0 Å². The van der Waals surface area contributed by atoms with Crippen LogP contribution in [-0.4, -0.2) is 29.3 Å². The van der Waals surface area contributed by atoms with Crippen molar-refractivity contribution in [1.82, 2.24) is 10.3 Å². The van der Waals surface area contributed by atoms with Crippen LogP contribution in [0.3, 0.4) is 0 Å². The number of aromatic nitrogens is 1. The van der Waals surface area contributed by atoms with Crippen LogP contribution in [-0.2, 0) is 6.42 Å². The van der Waals surface area contributed by atoms with Gasteiger partial charge in [-0.25, -0.2) is 4.98 Å².